The van der Waals surface area contributed by atoms with Crippen LogP contribution in [0.5, 0.6) is 0 Å². The summed E-state index contributed by atoms with van der Waals surface area (Å²) in [5.74, 6) is -0.657. The Morgan fingerprint density at radius 1 is 0.556 bits per heavy atom. The average Bonchev–Trinajstić information content (AvgIpc) is 2.62. The van der Waals surface area contributed by atoms with E-state index >= 15 is 0 Å². The van der Waals surface area contributed by atoms with E-state index in [0.29, 0.717) is 6.42 Å². The number of carboxylic acid groups (broad SMARTS) is 1. The van der Waals surface area contributed by atoms with E-state index in [1.54, 1.807) is 0 Å². The zero-order valence-corrected chi connectivity index (χ0v) is 18.2. The van der Waals surface area contributed by atoms with Gasteiger partial charge in [-0.1, -0.05) is 116 Å². The summed E-state index contributed by atoms with van der Waals surface area (Å²) in [6.45, 7) is 1.88. The van der Waals surface area contributed by atoms with Crippen LogP contribution in [0.25, 0.3) is 0 Å². The molecule has 0 aliphatic rings. The highest BCUT2D eigenvalue weighted by atomic mass is 16.4. The Morgan fingerprint density at radius 3 is 1.07 bits per heavy atom. The third-order valence-corrected chi connectivity index (χ3v) is 5.51. The molecule has 0 saturated heterocycles. The van der Waals surface area contributed by atoms with E-state index in [4.69, 9.17) is 5.11 Å². The lowest BCUT2D eigenvalue weighted by molar-refractivity contribution is -0.137. The molecule has 3 heteroatoms. The minimum atomic E-state index is -0.657. The quantitative estimate of drug-likeness (QED) is 0.188. The number of hydrogen-bond donors (Lipinski definition) is 2. The molecule has 0 fully saturated rings. The number of aliphatic carboxylic acids is 1. The van der Waals surface area contributed by atoms with E-state index in [1.165, 1.54) is 109 Å². The highest BCUT2D eigenvalue weighted by molar-refractivity contribution is 5.66. The summed E-state index contributed by atoms with van der Waals surface area (Å²) in [7, 11) is 0. The van der Waals surface area contributed by atoms with Crippen molar-refractivity contribution in [2.24, 2.45) is 0 Å². The molecule has 0 aliphatic heterocycles. The van der Waals surface area contributed by atoms with Crippen molar-refractivity contribution in [3.63, 3.8) is 0 Å². The molecule has 1 unspecified atom stereocenters. The molecule has 3 nitrogen and oxygen atoms in total. The smallest absolute Gasteiger partial charge is 0.303 e. The maximum Gasteiger partial charge on any atom is 0.303 e. The fourth-order valence-electron chi connectivity index (χ4n) is 3.72. The molecular formula is C24H48O3. The van der Waals surface area contributed by atoms with Gasteiger partial charge in [0.1, 0.15) is 0 Å². The monoisotopic (exact) mass is 384 g/mol. The van der Waals surface area contributed by atoms with Crippen molar-refractivity contribution in [2.75, 3.05) is 0 Å². The largest absolute Gasteiger partial charge is 0.481 e. The molecule has 0 amide bonds. The first kappa shape index (κ1) is 26.4. The summed E-state index contributed by atoms with van der Waals surface area (Å²) in [6, 6.07) is 0. The van der Waals surface area contributed by atoms with Gasteiger partial charge in [0, 0.05) is 6.42 Å². The lowest BCUT2D eigenvalue weighted by Crippen LogP contribution is -1.98. The molecule has 0 heterocycles. The van der Waals surface area contributed by atoms with E-state index < -0.39 is 5.97 Å². The Morgan fingerprint density at radius 2 is 0.815 bits per heavy atom. The molecule has 1 atom stereocenters. The Labute approximate surface area is 169 Å². The molecule has 0 aromatic carbocycles. The van der Waals surface area contributed by atoms with Crippen LogP contribution in [0.3, 0.4) is 0 Å². The molecule has 0 aromatic heterocycles. The van der Waals surface area contributed by atoms with Crippen LogP contribution in [-0.2, 0) is 4.79 Å². The molecule has 0 rings (SSSR count). The molecule has 27 heavy (non-hydrogen) atoms. The number of rotatable bonds is 22. The van der Waals surface area contributed by atoms with Crippen LogP contribution in [-0.4, -0.2) is 22.3 Å². The first-order valence-corrected chi connectivity index (χ1v) is 12.0. The van der Waals surface area contributed by atoms with Crippen molar-refractivity contribution in [2.45, 2.75) is 148 Å². The van der Waals surface area contributed by atoms with Crippen LogP contribution in [0.2, 0.25) is 0 Å². The van der Waals surface area contributed by atoms with Gasteiger partial charge in [0.15, 0.2) is 0 Å². The van der Waals surface area contributed by atoms with Crippen molar-refractivity contribution in [3.8, 4) is 0 Å². The summed E-state index contributed by atoms with van der Waals surface area (Å²) in [4.78, 5) is 10.4. The van der Waals surface area contributed by atoms with Crippen molar-refractivity contribution in [1.29, 1.82) is 0 Å². The topological polar surface area (TPSA) is 57.5 Å². The Balaban J connectivity index is 3.00. The van der Waals surface area contributed by atoms with Crippen LogP contribution >= 0.6 is 0 Å². The molecule has 0 aromatic rings. The number of aliphatic hydroxyl groups excluding tert-OH is 1. The molecule has 2 N–H and O–H groups in total. The second-order valence-corrected chi connectivity index (χ2v) is 8.50. The van der Waals surface area contributed by atoms with E-state index in [2.05, 4.69) is 0 Å². The minimum absolute atomic E-state index is 0.119. The first-order valence-electron chi connectivity index (χ1n) is 12.0. The van der Waals surface area contributed by atoms with Crippen molar-refractivity contribution in [1.82, 2.24) is 0 Å². The van der Waals surface area contributed by atoms with Gasteiger partial charge in [0.2, 0.25) is 0 Å². The fourth-order valence-corrected chi connectivity index (χ4v) is 3.72. The third kappa shape index (κ3) is 25.4. The van der Waals surface area contributed by atoms with Crippen molar-refractivity contribution >= 4 is 5.97 Å². The van der Waals surface area contributed by atoms with Crippen LogP contribution in [0.4, 0.5) is 0 Å². The Hall–Kier alpha value is -0.570. The van der Waals surface area contributed by atoms with Gasteiger partial charge >= 0.3 is 5.97 Å². The fraction of sp³-hybridized carbons (Fsp3) is 0.958. The predicted molar refractivity (Wildman–Crippen MR) is 116 cm³/mol. The predicted octanol–water partition coefficient (Wildman–Crippen LogP) is 7.64. The van der Waals surface area contributed by atoms with Gasteiger partial charge in [-0.3, -0.25) is 4.79 Å². The minimum Gasteiger partial charge on any atom is -0.481 e. The maximum absolute atomic E-state index is 10.4. The molecule has 0 saturated carbocycles. The number of carbonyl (C=O) groups is 1. The maximum atomic E-state index is 10.4. The second kappa shape index (κ2) is 21.7. The second-order valence-electron chi connectivity index (χ2n) is 8.50. The zero-order valence-electron chi connectivity index (χ0n) is 18.2. The zero-order chi connectivity index (χ0) is 20.0. The standard InChI is InChI=1S/C24H48O3/c1-23(25)21-19-17-15-13-11-9-7-5-3-2-4-6-8-10-12-14-16-18-20-22-24(26)27/h23,25H,2-22H2,1H3,(H,26,27). The highest BCUT2D eigenvalue weighted by Crippen LogP contribution is 2.15. The number of unbranched alkanes of at least 4 members (excludes halogenated alkanes) is 18. The van der Waals surface area contributed by atoms with Crippen LogP contribution in [0.1, 0.15) is 142 Å². The summed E-state index contributed by atoms with van der Waals surface area (Å²) >= 11 is 0. The van der Waals surface area contributed by atoms with Gasteiger partial charge < -0.3 is 10.2 Å². The first-order chi connectivity index (χ1) is 13.1. The Bertz CT molecular complexity index is 302. The van der Waals surface area contributed by atoms with Crippen LogP contribution in [0.15, 0.2) is 0 Å². The number of hydrogen-bond acceptors (Lipinski definition) is 2. The van der Waals surface area contributed by atoms with Gasteiger partial charge in [0.05, 0.1) is 6.10 Å². The number of aliphatic hydroxyl groups is 1. The van der Waals surface area contributed by atoms with E-state index in [1.807, 2.05) is 6.92 Å². The molecule has 162 valence electrons. The average molecular weight is 385 g/mol. The van der Waals surface area contributed by atoms with Gasteiger partial charge in [-0.25, -0.2) is 0 Å². The Kier molecular flexibility index (Phi) is 21.3. The lowest BCUT2D eigenvalue weighted by atomic mass is 10.0. The van der Waals surface area contributed by atoms with Gasteiger partial charge in [-0.15, -0.1) is 0 Å². The molecule has 0 spiro atoms. The van der Waals surface area contributed by atoms with E-state index in [9.17, 15) is 9.90 Å². The van der Waals surface area contributed by atoms with E-state index in [-0.39, 0.29) is 6.10 Å². The molecule has 0 aliphatic carbocycles. The number of carboxylic acids is 1. The van der Waals surface area contributed by atoms with Crippen LogP contribution < -0.4 is 0 Å². The van der Waals surface area contributed by atoms with Gasteiger partial charge in [0.25, 0.3) is 0 Å². The molecule has 0 bridgehead atoms. The highest BCUT2D eigenvalue weighted by Gasteiger charge is 1.98. The lowest BCUT2D eigenvalue weighted by Gasteiger charge is -2.05. The normalized spacial score (nSPS) is 12.4. The summed E-state index contributed by atoms with van der Waals surface area (Å²) < 4.78 is 0. The van der Waals surface area contributed by atoms with Gasteiger partial charge in [-0.05, 0) is 19.8 Å². The summed E-state index contributed by atoms with van der Waals surface area (Å²) in [6.07, 6.45) is 26.1. The van der Waals surface area contributed by atoms with E-state index in [0.717, 1.165) is 19.3 Å². The van der Waals surface area contributed by atoms with Crippen molar-refractivity contribution < 1.29 is 15.0 Å². The van der Waals surface area contributed by atoms with Gasteiger partial charge in [-0.2, -0.15) is 0 Å². The third-order valence-electron chi connectivity index (χ3n) is 5.51. The van der Waals surface area contributed by atoms with Crippen LogP contribution in [0, 0.1) is 0 Å². The summed E-state index contributed by atoms with van der Waals surface area (Å²) in [5.41, 5.74) is 0. The SMILES string of the molecule is CC(O)CCCCCCCCCCCCCCCCCCCCCC(=O)O. The molecule has 0 radical (unpaired) electrons. The summed E-state index contributed by atoms with van der Waals surface area (Å²) in [5, 5.41) is 17.8. The van der Waals surface area contributed by atoms with Crippen molar-refractivity contribution in [3.05, 3.63) is 0 Å². The molecular weight excluding hydrogens is 336 g/mol.